The van der Waals surface area contributed by atoms with Gasteiger partial charge in [-0.25, -0.2) is 4.79 Å². The van der Waals surface area contributed by atoms with Gasteiger partial charge >= 0.3 is 6.03 Å². The number of amides is 2. The van der Waals surface area contributed by atoms with Crippen LogP contribution in [0, 0.1) is 0 Å². The van der Waals surface area contributed by atoms with Crippen molar-refractivity contribution in [3.63, 3.8) is 0 Å². The zero-order valence-electron chi connectivity index (χ0n) is 15.8. The lowest BCUT2D eigenvalue weighted by Gasteiger charge is -2.38. The summed E-state index contributed by atoms with van der Waals surface area (Å²) < 4.78 is 0. The lowest BCUT2D eigenvalue weighted by atomic mass is 10.00. The van der Waals surface area contributed by atoms with E-state index in [0.29, 0.717) is 17.3 Å². The number of benzene rings is 1. The van der Waals surface area contributed by atoms with Crippen molar-refractivity contribution in [1.29, 1.82) is 0 Å². The second-order valence-corrected chi connectivity index (χ2v) is 7.71. The molecule has 1 saturated heterocycles. The number of rotatable bonds is 4. The number of hydrogen-bond acceptors (Lipinski definition) is 3. The molecule has 5 nitrogen and oxygen atoms in total. The molecule has 1 atom stereocenters. The molecule has 1 aliphatic heterocycles. The van der Waals surface area contributed by atoms with Crippen LogP contribution in [0.25, 0.3) is 0 Å². The minimum absolute atomic E-state index is 0.000353. The normalized spacial score (nSPS) is 22.4. The number of hydrogen-bond donors (Lipinski definition) is 2. The molecule has 1 saturated carbocycles. The molecule has 2 fully saturated rings. The first-order valence-electron chi connectivity index (χ1n) is 10.0. The van der Waals surface area contributed by atoms with Crippen molar-refractivity contribution in [2.45, 2.75) is 70.4 Å². The van der Waals surface area contributed by atoms with Gasteiger partial charge in [0.05, 0.1) is 0 Å². The molecular weight excluding hydrogens is 326 g/mol. The molecule has 0 aromatic heterocycles. The predicted molar refractivity (Wildman–Crippen MR) is 105 cm³/mol. The van der Waals surface area contributed by atoms with Crippen molar-refractivity contribution >= 4 is 17.5 Å². The number of carbonyl (C=O) groups is 2. The second kappa shape index (κ2) is 9.17. The first-order valence-corrected chi connectivity index (χ1v) is 10.0. The lowest BCUT2D eigenvalue weighted by Crippen LogP contribution is -2.51. The highest BCUT2D eigenvalue weighted by Gasteiger charge is 2.27. The van der Waals surface area contributed by atoms with E-state index in [2.05, 4.69) is 15.5 Å². The van der Waals surface area contributed by atoms with Gasteiger partial charge in [0.2, 0.25) is 0 Å². The molecule has 1 aromatic rings. The molecule has 2 N–H and O–H groups in total. The van der Waals surface area contributed by atoms with Gasteiger partial charge in [-0.2, -0.15) is 0 Å². The van der Waals surface area contributed by atoms with Gasteiger partial charge in [-0.15, -0.1) is 0 Å². The van der Waals surface area contributed by atoms with Crippen molar-refractivity contribution in [3.8, 4) is 0 Å². The van der Waals surface area contributed by atoms with Crippen molar-refractivity contribution in [2.75, 3.05) is 18.4 Å². The summed E-state index contributed by atoms with van der Waals surface area (Å²) >= 11 is 0. The van der Waals surface area contributed by atoms with E-state index < -0.39 is 0 Å². The molecule has 142 valence electrons. The Balaban J connectivity index is 1.52. The smallest absolute Gasteiger partial charge is 0.319 e. The largest absolute Gasteiger partial charge is 0.334 e. The third kappa shape index (κ3) is 5.31. The number of piperidine rings is 1. The van der Waals surface area contributed by atoms with Gasteiger partial charge in [-0.1, -0.05) is 37.8 Å². The predicted octanol–water partition coefficient (Wildman–Crippen LogP) is 4.20. The van der Waals surface area contributed by atoms with E-state index in [1.807, 2.05) is 6.07 Å². The topological polar surface area (TPSA) is 61.4 Å². The van der Waals surface area contributed by atoms with Crippen LogP contribution in [0.15, 0.2) is 24.3 Å². The Morgan fingerprint density at radius 2 is 1.81 bits per heavy atom. The molecule has 2 amide bonds. The maximum Gasteiger partial charge on any atom is 0.319 e. The average molecular weight is 357 g/mol. The molecule has 0 spiro atoms. The minimum atomic E-state index is -0.182. The Morgan fingerprint density at radius 1 is 1.04 bits per heavy atom. The van der Waals surface area contributed by atoms with Crippen molar-refractivity contribution in [3.05, 3.63) is 29.8 Å². The van der Waals surface area contributed by atoms with Gasteiger partial charge in [0, 0.05) is 29.9 Å². The summed E-state index contributed by atoms with van der Waals surface area (Å²) in [5.74, 6) is 0.000353. The summed E-state index contributed by atoms with van der Waals surface area (Å²) in [7, 11) is 0. The molecule has 2 aliphatic rings. The van der Waals surface area contributed by atoms with E-state index in [-0.39, 0.29) is 17.9 Å². The molecule has 0 radical (unpaired) electrons. The van der Waals surface area contributed by atoms with Crippen LogP contribution < -0.4 is 10.6 Å². The van der Waals surface area contributed by atoms with E-state index in [1.54, 1.807) is 18.2 Å². The molecule has 0 bridgehead atoms. The van der Waals surface area contributed by atoms with Gasteiger partial charge in [-0.3, -0.25) is 9.69 Å². The molecule has 5 heteroatoms. The number of ketones is 1. The first-order chi connectivity index (χ1) is 12.6. The number of carbonyl (C=O) groups excluding carboxylic acids is 2. The highest BCUT2D eigenvalue weighted by molar-refractivity contribution is 5.96. The summed E-state index contributed by atoms with van der Waals surface area (Å²) in [6, 6.07) is 7.79. The van der Waals surface area contributed by atoms with E-state index in [4.69, 9.17) is 0 Å². The van der Waals surface area contributed by atoms with Crippen molar-refractivity contribution in [1.82, 2.24) is 10.2 Å². The first kappa shape index (κ1) is 18.9. The zero-order valence-corrected chi connectivity index (χ0v) is 15.8. The monoisotopic (exact) mass is 357 g/mol. The zero-order chi connectivity index (χ0) is 18.4. The van der Waals surface area contributed by atoms with Crippen molar-refractivity contribution < 1.29 is 9.59 Å². The summed E-state index contributed by atoms with van der Waals surface area (Å²) in [6.07, 6.45) is 10.2. The standard InChI is InChI=1S/C21H31N3O2/c1-16(25)17-8-6-9-18(14-17)22-21(26)23-19-10-7-13-24(15-19)20-11-4-2-3-5-12-20/h6,8-9,14,19-20H,2-5,7,10-13,15H2,1H3,(H2,22,23,26)/t19-/m1/s1. The number of likely N-dealkylation sites (tertiary alicyclic amines) is 1. The third-order valence-corrected chi connectivity index (χ3v) is 5.66. The minimum Gasteiger partial charge on any atom is -0.334 e. The fourth-order valence-corrected chi connectivity index (χ4v) is 4.25. The molecular formula is C21H31N3O2. The number of urea groups is 1. The average Bonchev–Trinajstić information content (AvgIpc) is 2.91. The Morgan fingerprint density at radius 3 is 2.54 bits per heavy atom. The molecule has 1 heterocycles. The summed E-state index contributed by atoms with van der Waals surface area (Å²) in [6.45, 7) is 3.64. The summed E-state index contributed by atoms with van der Waals surface area (Å²) in [4.78, 5) is 26.4. The number of Topliss-reactive ketones (excluding diaryl/α,β-unsaturated/α-hetero) is 1. The third-order valence-electron chi connectivity index (χ3n) is 5.66. The number of nitrogens with zero attached hydrogens (tertiary/aromatic N) is 1. The second-order valence-electron chi connectivity index (χ2n) is 7.71. The van der Waals surface area contributed by atoms with Gasteiger partial charge in [-0.05, 0) is 51.3 Å². The van der Waals surface area contributed by atoms with Crippen LogP contribution in [0.2, 0.25) is 0 Å². The Bertz CT molecular complexity index is 623. The highest BCUT2D eigenvalue weighted by Crippen LogP contribution is 2.24. The maximum atomic E-state index is 12.4. The number of nitrogens with one attached hydrogen (secondary N) is 2. The summed E-state index contributed by atoms with van der Waals surface area (Å²) in [5, 5.41) is 5.99. The van der Waals surface area contributed by atoms with Crippen LogP contribution in [0.1, 0.15) is 68.6 Å². The Kier molecular flexibility index (Phi) is 6.67. The van der Waals surface area contributed by atoms with Crippen molar-refractivity contribution in [2.24, 2.45) is 0 Å². The van der Waals surface area contributed by atoms with Crippen LogP contribution in [0.3, 0.4) is 0 Å². The van der Waals surface area contributed by atoms with Crippen LogP contribution in [0.4, 0.5) is 10.5 Å². The van der Waals surface area contributed by atoms with Gasteiger partial charge in [0.15, 0.2) is 5.78 Å². The highest BCUT2D eigenvalue weighted by atomic mass is 16.2. The van der Waals surface area contributed by atoms with Crippen LogP contribution in [0.5, 0.6) is 0 Å². The molecule has 1 aliphatic carbocycles. The Labute approximate surface area is 156 Å². The van der Waals surface area contributed by atoms with Gasteiger partial charge in [0.25, 0.3) is 0 Å². The fraction of sp³-hybridized carbons (Fsp3) is 0.619. The SMILES string of the molecule is CC(=O)c1cccc(NC(=O)N[C@@H]2CCCN(C3CCCCCC3)C2)c1. The Hall–Kier alpha value is -1.88. The van der Waals surface area contributed by atoms with E-state index in [0.717, 1.165) is 25.9 Å². The van der Waals surface area contributed by atoms with Crippen LogP contribution in [-0.4, -0.2) is 41.9 Å². The van der Waals surface area contributed by atoms with Gasteiger partial charge in [0.1, 0.15) is 0 Å². The van der Waals surface area contributed by atoms with E-state index >= 15 is 0 Å². The van der Waals surface area contributed by atoms with Gasteiger partial charge < -0.3 is 10.6 Å². The molecule has 26 heavy (non-hydrogen) atoms. The lowest BCUT2D eigenvalue weighted by molar-refractivity contribution is 0.101. The fourth-order valence-electron chi connectivity index (χ4n) is 4.25. The molecule has 1 aromatic carbocycles. The van der Waals surface area contributed by atoms with Crippen LogP contribution >= 0.6 is 0 Å². The maximum absolute atomic E-state index is 12.4. The van der Waals surface area contributed by atoms with Crippen LogP contribution in [-0.2, 0) is 0 Å². The quantitative estimate of drug-likeness (QED) is 0.627. The number of anilines is 1. The van der Waals surface area contributed by atoms with E-state index in [1.165, 1.54) is 45.4 Å². The summed E-state index contributed by atoms with van der Waals surface area (Å²) in [5.41, 5.74) is 1.27. The molecule has 0 unspecified atom stereocenters. The molecule has 3 rings (SSSR count). The van der Waals surface area contributed by atoms with E-state index in [9.17, 15) is 9.59 Å².